The van der Waals surface area contributed by atoms with E-state index in [9.17, 15) is 22.4 Å². The van der Waals surface area contributed by atoms with Gasteiger partial charge in [0, 0.05) is 19.2 Å². The van der Waals surface area contributed by atoms with Crippen molar-refractivity contribution >= 4 is 38.9 Å². The van der Waals surface area contributed by atoms with Crippen molar-refractivity contribution in [3.8, 4) is 0 Å². The van der Waals surface area contributed by atoms with Crippen LogP contribution in [0.15, 0.2) is 64.1 Å². The second kappa shape index (κ2) is 7.88. The molecule has 2 heterocycles. The second-order valence-electron chi connectivity index (χ2n) is 6.96. The Hall–Kier alpha value is -3.66. The van der Waals surface area contributed by atoms with Gasteiger partial charge in [-0.3, -0.25) is 14.3 Å². The van der Waals surface area contributed by atoms with Crippen LogP contribution in [0.2, 0.25) is 0 Å². The van der Waals surface area contributed by atoms with Gasteiger partial charge in [0.25, 0.3) is 15.9 Å². The van der Waals surface area contributed by atoms with E-state index in [0.717, 1.165) is 11.6 Å². The number of fused-ring (bicyclic) bond motifs is 1. The normalized spacial score (nSPS) is 13.0. The Kier molecular flexibility index (Phi) is 5.24. The summed E-state index contributed by atoms with van der Waals surface area (Å²) in [5.41, 5.74) is 1.59. The summed E-state index contributed by atoms with van der Waals surface area (Å²) in [7, 11) is -4.10. The number of carbonyl (C=O) groups excluding carboxylic acids is 2. The van der Waals surface area contributed by atoms with Crippen LogP contribution in [-0.4, -0.2) is 26.8 Å². The molecular formula is C21H18FN3O5S. The number of hydrogen-bond donors (Lipinski definition) is 2. The lowest BCUT2D eigenvalue weighted by Gasteiger charge is -2.17. The third kappa shape index (κ3) is 4.15. The van der Waals surface area contributed by atoms with Crippen molar-refractivity contribution in [3.05, 3.63) is 71.9 Å². The highest BCUT2D eigenvalue weighted by Gasteiger charge is 2.28. The molecule has 2 aromatic carbocycles. The summed E-state index contributed by atoms with van der Waals surface area (Å²) in [4.78, 5) is 25.0. The van der Waals surface area contributed by atoms with Gasteiger partial charge >= 0.3 is 0 Å². The number of anilines is 3. The Bertz CT molecular complexity index is 1270. The van der Waals surface area contributed by atoms with Crippen LogP contribution in [0.1, 0.15) is 23.0 Å². The van der Waals surface area contributed by atoms with Crippen LogP contribution in [0.4, 0.5) is 21.5 Å². The third-order valence-electron chi connectivity index (χ3n) is 4.77. The molecule has 0 spiro atoms. The van der Waals surface area contributed by atoms with Gasteiger partial charge in [-0.25, -0.2) is 12.8 Å². The average Bonchev–Trinajstić information content (AvgIpc) is 3.38. The standard InChI is InChI=1S/C21H18FN3O5S/c1-13(26)23-18-7-6-16(12-17(18)22)31(28,29)24-15-5-4-14-8-9-25(19(14)11-15)21(27)20-3-2-10-30-20/h2-7,10-12,24H,8-9H2,1H3,(H,23,26). The highest BCUT2D eigenvalue weighted by atomic mass is 32.2. The Morgan fingerprint density at radius 1 is 1.13 bits per heavy atom. The number of halogens is 1. The van der Waals surface area contributed by atoms with Crippen LogP contribution in [0.5, 0.6) is 0 Å². The number of sulfonamides is 1. The average molecular weight is 443 g/mol. The Balaban J connectivity index is 1.59. The van der Waals surface area contributed by atoms with Gasteiger partial charge in [0.2, 0.25) is 5.91 Å². The highest BCUT2D eigenvalue weighted by molar-refractivity contribution is 7.92. The lowest BCUT2D eigenvalue weighted by molar-refractivity contribution is -0.114. The number of benzene rings is 2. The molecule has 0 saturated carbocycles. The molecule has 0 bridgehead atoms. The van der Waals surface area contributed by atoms with Crippen LogP contribution in [0.3, 0.4) is 0 Å². The summed E-state index contributed by atoms with van der Waals surface area (Å²) in [5.74, 6) is -1.48. The van der Waals surface area contributed by atoms with E-state index in [1.165, 1.54) is 30.2 Å². The molecule has 31 heavy (non-hydrogen) atoms. The first-order chi connectivity index (χ1) is 14.7. The summed E-state index contributed by atoms with van der Waals surface area (Å²) >= 11 is 0. The Morgan fingerprint density at radius 2 is 1.94 bits per heavy atom. The molecule has 2 N–H and O–H groups in total. The summed E-state index contributed by atoms with van der Waals surface area (Å²) in [6.07, 6.45) is 2.04. The molecule has 0 saturated heterocycles. The first-order valence-electron chi connectivity index (χ1n) is 9.33. The van der Waals surface area contributed by atoms with Crippen LogP contribution >= 0.6 is 0 Å². The first kappa shape index (κ1) is 20.6. The predicted octanol–water partition coefficient (Wildman–Crippen LogP) is 3.38. The van der Waals surface area contributed by atoms with Crippen molar-refractivity contribution in [3.63, 3.8) is 0 Å². The third-order valence-corrected chi connectivity index (χ3v) is 6.15. The van der Waals surface area contributed by atoms with E-state index in [4.69, 9.17) is 4.42 Å². The largest absolute Gasteiger partial charge is 0.459 e. The monoisotopic (exact) mass is 443 g/mol. The molecule has 3 aromatic rings. The zero-order valence-corrected chi connectivity index (χ0v) is 17.2. The van der Waals surface area contributed by atoms with Gasteiger partial charge in [0.1, 0.15) is 5.82 Å². The number of amides is 2. The van der Waals surface area contributed by atoms with Crippen molar-refractivity contribution in [1.29, 1.82) is 0 Å². The van der Waals surface area contributed by atoms with Gasteiger partial charge in [-0.05, 0) is 54.4 Å². The number of hydrogen-bond acceptors (Lipinski definition) is 5. The number of nitrogens with one attached hydrogen (secondary N) is 2. The smallest absolute Gasteiger partial charge is 0.293 e. The molecule has 1 aromatic heterocycles. The van der Waals surface area contributed by atoms with E-state index < -0.39 is 21.7 Å². The van der Waals surface area contributed by atoms with Gasteiger partial charge < -0.3 is 14.6 Å². The minimum atomic E-state index is -4.10. The van der Waals surface area contributed by atoms with Crippen LogP contribution in [-0.2, 0) is 21.2 Å². The fraction of sp³-hybridized carbons (Fsp3) is 0.143. The van der Waals surface area contributed by atoms with E-state index in [2.05, 4.69) is 10.0 Å². The van der Waals surface area contributed by atoms with Gasteiger partial charge in [-0.1, -0.05) is 6.07 Å². The molecule has 0 fully saturated rings. The van der Waals surface area contributed by atoms with E-state index in [-0.39, 0.29) is 27.9 Å². The number of carbonyl (C=O) groups is 2. The minimum absolute atomic E-state index is 0.115. The van der Waals surface area contributed by atoms with Gasteiger partial charge in [0.15, 0.2) is 5.76 Å². The second-order valence-corrected chi connectivity index (χ2v) is 8.64. The minimum Gasteiger partial charge on any atom is -0.459 e. The molecule has 0 unspecified atom stereocenters. The number of nitrogens with zero attached hydrogens (tertiary/aromatic N) is 1. The Labute approximate surface area is 177 Å². The predicted molar refractivity (Wildman–Crippen MR) is 112 cm³/mol. The summed E-state index contributed by atoms with van der Waals surface area (Å²) in [5, 5.41) is 2.28. The maximum atomic E-state index is 14.2. The van der Waals surface area contributed by atoms with Crippen molar-refractivity contribution < 1.29 is 26.8 Å². The van der Waals surface area contributed by atoms with Crippen LogP contribution in [0.25, 0.3) is 0 Å². The molecule has 2 amide bonds. The van der Waals surface area contributed by atoms with E-state index in [1.54, 1.807) is 30.3 Å². The first-order valence-corrected chi connectivity index (χ1v) is 10.8. The quantitative estimate of drug-likeness (QED) is 0.628. The summed E-state index contributed by atoms with van der Waals surface area (Å²) in [6.45, 7) is 1.67. The fourth-order valence-corrected chi connectivity index (χ4v) is 4.42. The fourth-order valence-electron chi connectivity index (χ4n) is 3.36. The molecule has 0 atom stereocenters. The molecule has 160 valence electrons. The molecule has 1 aliphatic rings. The van der Waals surface area contributed by atoms with Gasteiger partial charge in [-0.15, -0.1) is 0 Å². The highest BCUT2D eigenvalue weighted by Crippen LogP contribution is 2.33. The van der Waals surface area contributed by atoms with Crippen molar-refractivity contribution in [2.45, 2.75) is 18.2 Å². The lowest BCUT2D eigenvalue weighted by Crippen LogP contribution is -2.28. The van der Waals surface area contributed by atoms with Gasteiger partial charge in [-0.2, -0.15) is 0 Å². The van der Waals surface area contributed by atoms with E-state index in [1.807, 2.05) is 0 Å². The molecule has 1 aliphatic heterocycles. The number of rotatable bonds is 5. The summed E-state index contributed by atoms with van der Waals surface area (Å²) in [6, 6.07) is 11.3. The SMILES string of the molecule is CC(=O)Nc1ccc(S(=O)(=O)Nc2ccc3c(c2)N(C(=O)c2ccco2)CC3)cc1F. The Morgan fingerprint density at radius 3 is 2.61 bits per heavy atom. The van der Waals surface area contributed by atoms with E-state index >= 15 is 0 Å². The van der Waals surface area contributed by atoms with Crippen LogP contribution < -0.4 is 14.9 Å². The summed E-state index contributed by atoms with van der Waals surface area (Å²) < 4.78 is 47.2. The van der Waals surface area contributed by atoms with Crippen molar-refractivity contribution in [2.75, 3.05) is 21.5 Å². The molecule has 8 nitrogen and oxygen atoms in total. The zero-order chi connectivity index (χ0) is 22.2. The number of furan rings is 1. The van der Waals surface area contributed by atoms with E-state index in [0.29, 0.717) is 18.7 Å². The maximum absolute atomic E-state index is 14.2. The topological polar surface area (TPSA) is 109 Å². The zero-order valence-electron chi connectivity index (χ0n) is 16.4. The van der Waals surface area contributed by atoms with Crippen molar-refractivity contribution in [1.82, 2.24) is 0 Å². The van der Waals surface area contributed by atoms with Crippen LogP contribution in [0, 0.1) is 5.82 Å². The molecule has 4 rings (SSSR count). The van der Waals surface area contributed by atoms with Gasteiger partial charge in [0.05, 0.1) is 22.5 Å². The molecular weight excluding hydrogens is 425 g/mol. The molecule has 0 aliphatic carbocycles. The molecule has 10 heteroatoms. The molecule has 0 radical (unpaired) electrons. The lowest BCUT2D eigenvalue weighted by atomic mass is 10.1. The van der Waals surface area contributed by atoms with Crippen molar-refractivity contribution in [2.24, 2.45) is 0 Å². The maximum Gasteiger partial charge on any atom is 0.293 e.